The minimum Gasteiger partial charge on any atom is -0.365 e. The Bertz CT molecular complexity index is 1070. The summed E-state index contributed by atoms with van der Waals surface area (Å²) in [5.74, 6) is -1.14. The summed E-state index contributed by atoms with van der Waals surface area (Å²) in [6, 6.07) is 7.16. The maximum absolute atomic E-state index is 13.7. The lowest BCUT2D eigenvalue weighted by molar-refractivity contribution is -0.142. The summed E-state index contributed by atoms with van der Waals surface area (Å²) >= 11 is 0. The molecule has 0 spiro atoms. The number of ether oxygens (including phenoxy) is 1. The number of nitrogens with zero attached hydrogens (tertiary/aromatic N) is 1. The van der Waals surface area contributed by atoms with E-state index in [1.54, 1.807) is 18.7 Å². The highest BCUT2D eigenvalue weighted by atomic mass is 16.6. The first-order chi connectivity index (χ1) is 18.7. The number of Topliss-reactive ketones (excluding diaryl/α,β-unsaturated/α-hetero) is 2. The third-order valence-corrected chi connectivity index (χ3v) is 7.81. The van der Waals surface area contributed by atoms with Gasteiger partial charge in [-0.05, 0) is 45.1 Å². The Kier molecular flexibility index (Phi) is 9.50. The van der Waals surface area contributed by atoms with Gasteiger partial charge < -0.3 is 20.3 Å². The zero-order chi connectivity index (χ0) is 28.0. The Morgan fingerprint density at radius 3 is 2.49 bits per heavy atom. The van der Waals surface area contributed by atoms with Crippen LogP contribution in [0.25, 0.3) is 0 Å². The molecule has 10 nitrogen and oxygen atoms in total. The number of hydrogen-bond donors (Lipinski definition) is 3. The summed E-state index contributed by atoms with van der Waals surface area (Å²) in [5, 5.41) is 8.84. The molecule has 3 N–H and O–H groups in total. The van der Waals surface area contributed by atoms with Crippen LogP contribution in [-0.4, -0.2) is 83.7 Å². The van der Waals surface area contributed by atoms with Crippen LogP contribution >= 0.6 is 0 Å². The third-order valence-electron chi connectivity index (χ3n) is 7.81. The van der Waals surface area contributed by atoms with Crippen molar-refractivity contribution < 1.29 is 28.7 Å². The number of nitrogens with one attached hydrogen (secondary N) is 3. The van der Waals surface area contributed by atoms with E-state index in [1.807, 2.05) is 30.3 Å². The third kappa shape index (κ3) is 7.73. The molecule has 3 aliphatic heterocycles. The van der Waals surface area contributed by atoms with Crippen molar-refractivity contribution in [1.29, 1.82) is 0 Å². The lowest BCUT2D eigenvalue weighted by Gasteiger charge is -2.31. The van der Waals surface area contributed by atoms with Gasteiger partial charge in [0.25, 0.3) is 0 Å². The lowest BCUT2D eigenvalue weighted by Crippen LogP contribution is -2.59. The first-order valence-electron chi connectivity index (χ1n) is 14.0. The molecule has 3 heterocycles. The highest BCUT2D eigenvalue weighted by Crippen LogP contribution is 2.21. The van der Waals surface area contributed by atoms with Crippen LogP contribution < -0.4 is 16.0 Å². The van der Waals surface area contributed by atoms with Crippen LogP contribution in [0, 0.1) is 0 Å². The zero-order valence-electron chi connectivity index (χ0n) is 22.9. The second-order valence-electron chi connectivity index (χ2n) is 11.3. The second-order valence-corrected chi connectivity index (χ2v) is 11.3. The summed E-state index contributed by atoms with van der Waals surface area (Å²) in [4.78, 5) is 67.1. The first kappa shape index (κ1) is 28.9. The summed E-state index contributed by atoms with van der Waals surface area (Å²) in [5.41, 5.74) is -0.226. The van der Waals surface area contributed by atoms with E-state index in [1.165, 1.54) is 0 Å². The molecule has 3 amide bonds. The minimum absolute atomic E-state index is 0.103. The van der Waals surface area contributed by atoms with Crippen molar-refractivity contribution in [3.63, 3.8) is 0 Å². The van der Waals surface area contributed by atoms with Gasteiger partial charge in [0, 0.05) is 19.4 Å². The van der Waals surface area contributed by atoms with Crippen molar-refractivity contribution in [2.24, 2.45) is 0 Å². The van der Waals surface area contributed by atoms with Gasteiger partial charge in [0.2, 0.25) is 17.7 Å². The van der Waals surface area contributed by atoms with Gasteiger partial charge in [-0.3, -0.25) is 29.3 Å². The van der Waals surface area contributed by atoms with E-state index in [4.69, 9.17) is 4.74 Å². The second kappa shape index (κ2) is 12.8. The van der Waals surface area contributed by atoms with Gasteiger partial charge in [0.05, 0.1) is 24.7 Å². The van der Waals surface area contributed by atoms with Crippen LogP contribution in [0.1, 0.15) is 64.4 Å². The fourth-order valence-electron chi connectivity index (χ4n) is 5.20. The number of unbranched alkanes of at least 4 members (excludes halogenated alkanes) is 2. The van der Waals surface area contributed by atoms with Gasteiger partial charge in [-0.2, -0.15) is 0 Å². The van der Waals surface area contributed by atoms with Gasteiger partial charge in [-0.1, -0.05) is 43.2 Å². The molecule has 0 bridgehead atoms. The largest absolute Gasteiger partial charge is 0.365 e. The molecular formula is C29H40N4O6. The normalized spacial score (nSPS) is 27.5. The molecule has 10 heteroatoms. The van der Waals surface area contributed by atoms with E-state index >= 15 is 0 Å². The summed E-state index contributed by atoms with van der Waals surface area (Å²) < 4.78 is 5.02. The fourth-order valence-corrected chi connectivity index (χ4v) is 5.20. The van der Waals surface area contributed by atoms with Gasteiger partial charge in [0.1, 0.15) is 18.2 Å². The Hall–Kier alpha value is -3.11. The number of amides is 3. The fraction of sp³-hybridized carbons (Fsp3) is 0.621. The number of rotatable bonds is 9. The highest BCUT2D eigenvalue weighted by molar-refractivity contribution is 5.97. The van der Waals surface area contributed by atoms with E-state index in [0.29, 0.717) is 58.1 Å². The van der Waals surface area contributed by atoms with Crippen molar-refractivity contribution in [3.05, 3.63) is 35.9 Å². The summed E-state index contributed by atoms with van der Waals surface area (Å²) in [6.07, 6.45) is 4.20. The Morgan fingerprint density at radius 2 is 1.77 bits per heavy atom. The number of epoxide rings is 1. The van der Waals surface area contributed by atoms with Crippen LogP contribution in [0.3, 0.4) is 0 Å². The first-order valence-corrected chi connectivity index (χ1v) is 14.0. The van der Waals surface area contributed by atoms with Gasteiger partial charge in [-0.25, -0.2) is 0 Å². The molecule has 0 saturated carbocycles. The standard InChI is InChI=1S/C29H40N4O6/c1-29(2)28(38)32-21(16-19-10-5-3-6-11-19)27(37)33-15-9-13-22(33)26(36)31-20(24(35)17-30-29)12-7-4-8-14-23(34)25-18-39-25/h3,5-6,10-11,20-22,25,30H,4,7-9,12-18H2,1-2H3,(H,31,36)(H,32,38)/t20-,21+,22-,25?/m0/s1. The van der Waals surface area contributed by atoms with E-state index in [-0.39, 0.29) is 41.9 Å². The number of ketones is 2. The monoisotopic (exact) mass is 540 g/mol. The number of carbonyl (C=O) groups excluding carboxylic acids is 5. The summed E-state index contributed by atoms with van der Waals surface area (Å²) in [6.45, 7) is 4.17. The molecule has 3 fully saturated rings. The number of hydrogen-bond acceptors (Lipinski definition) is 7. The van der Waals surface area contributed by atoms with Crippen molar-refractivity contribution >= 4 is 29.3 Å². The van der Waals surface area contributed by atoms with Gasteiger partial charge >= 0.3 is 0 Å². The topological polar surface area (TPSA) is 137 Å². The number of fused-ring (bicyclic) bond motifs is 1. The van der Waals surface area contributed by atoms with Crippen LogP contribution in [0.15, 0.2) is 30.3 Å². The van der Waals surface area contributed by atoms with Crippen LogP contribution in [0.2, 0.25) is 0 Å². The quantitative estimate of drug-likeness (QED) is 0.315. The summed E-state index contributed by atoms with van der Waals surface area (Å²) in [7, 11) is 0. The van der Waals surface area contributed by atoms with Crippen LogP contribution in [-0.2, 0) is 35.1 Å². The smallest absolute Gasteiger partial charge is 0.246 e. The van der Waals surface area contributed by atoms with Crippen molar-refractivity contribution in [1.82, 2.24) is 20.9 Å². The predicted molar refractivity (Wildman–Crippen MR) is 144 cm³/mol. The zero-order valence-corrected chi connectivity index (χ0v) is 22.9. The average molecular weight is 541 g/mol. The molecule has 39 heavy (non-hydrogen) atoms. The van der Waals surface area contributed by atoms with E-state index in [9.17, 15) is 24.0 Å². The Morgan fingerprint density at radius 1 is 1.03 bits per heavy atom. The Balaban J connectivity index is 1.48. The maximum atomic E-state index is 13.7. The van der Waals surface area contributed by atoms with Gasteiger partial charge in [-0.15, -0.1) is 0 Å². The number of benzene rings is 1. The molecule has 3 saturated heterocycles. The molecule has 0 aliphatic carbocycles. The van der Waals surface area contributed by atoms with E-state index in [2.05, 4.69) is 16.0 Å². The lowest BCUT2D eigenvalue weighted by atomic mass is 9.99. The Labute approximate surface area is 229 Å². The molecule has 4 rings (SSSR count). The highest BCUT2D eigenvalue weighted by Gasteiger charge is 2.41. The molecule has 1 aromatic rings. The van der Waals surface area contributed by atoms with E-state index < -0.39 is 23.7 Å². The molecule has 0 aromatic heterocycles. The van der Waals surface area contributed by atoms with E-state index in [0.717, 1.165) is 12.0 Å². The van der Waals surface area contributed by atoms with Gasteiger partial charge in [0.15, 0.2) is 11.6 Å². The SMILES string of the molecule is CC1(C)NCC(=O)[C@H](CCCCCC(=O)C2CO2)NC(=O)[C@@H]2CCCN2C(=O)[C@@H](Cc2ccccc2)NC1=O. The predicted octanol–water partition coefficient (Wildman–Crippen LogP) is 1.06. The molecule has 4 atom stereocenters. The minimum atomic E-state index is -1.12. The molecule has 3 aliphatic rings. The maximum Gasteiger partial charge on any atom is 0.246 e. The van der Waals surface area contributed by atoms with Crippen LogP contribution in [0.5, 0.6) is 0 Å². The molecule has 212 valence electrons. The molecular weight excluding hydrogens is 500 g/mol. The van der Waals surface area contributed by atoms with Crippen molar-refractivity contribution in [2.75, 3.05) is 19.7 Å². The average Bonchev–Trinajstić information content (AvgIpc) is 3.66. The molecule has 0 radical (unpaired) electrons. The molecule has 1 aromatic carbocycles. The molecule has 1 unspecified atom stereocenters. The van der Waals surface area contributed by atoms with Crippen LogP contribution in [0.4, 0.5) is 0 Å². The number of carbonyl (C=O) groups is 5. The van der Waals surface area contributed by atoms with Crippen molar-refractivity contribution in [2.45, 2.75) is 95.0 Å². The van der Waals surface area contributed by atoms with Crippen molar-refractivity contribution in [3.8, 4) is 0 Å².